The molecule has 0 unspecified atom stereocenters. The first kappa shape index (κ1) is 28.1. The minimum Gasteiger partial charge on any atom is -0.491 e. The lowest BCUT2D eigenvalue weighted by molar-refractivity contribution is -0.141. The molecular formula is C23H31N5O8. The highest BCUT2D eigenvalue weighted by atomic mass is 16.5. The van der Waals surface area contributed by atoms with Gasteiger partial charge in [0.25, 0.3) is 5.91 Å². The zero-order chi connectivity index (χ0) is 27.0. The van der Waals surface area contributed by atoms with Crippen molar-refractivity contribution in [2.24, 2.45) is 11.7 Å². The highest BCUT2D eigenvalue weighted by molar-refractivity contribution is 6.00. The third kappa shape index (κ3) is 7.96. The van der Waals surface area contributed by atoms with Gasteiger partial charge in [-0.1, -0.05) is 26.0 Å². The van der Waals surface area contributed by atoms with Crippen LogP contribution in [0.4, 0.5) is 0 Å². The van der Waals surface area contributed by atoms with Gasteiger partial charge in [0.2, 0.25) is 23.6 Å². The van der Waals surface area contributed by atoms with Crippen LogP contribution < -0.4 is 31.7 Å². The predicted octanol–water partition coefficient (Wildman–Crippen LogP) is -1.34. The van der Waals surface area contributed by atoms with E-state index in [4.69, 9.17) is 10.5 Å². The number of ether oxygens (including phenoxy) is 1. The zero-order valence-corrected chi connectivity index (χ0v) is 20.2. The monoisotopic (exact) mass is 505 g/mol. The highest BCUT2D eigenvalue weighted by Crippen LogP contribution is 2.19. The molecule has 196 valence electrons. The summed E-state index contributed by atoms with van der Waals surface area (Å²) in [7, 11) is 0. The van der Waals surface area contributed by atoms with Gasteiger partial charge >= 0.3 is 5.97 Å². The van der Waals surface area contributed by atoms with Gasteiger partial charge in [-0.05, 0) is 25.0 Å². The summed E-state index contributed by atoms with van der Waals surface area (Å²) < 4.78 is 5.70. The number of carbonyl (C=O) groups excluding carboxylic acids is 5. The molecule has 0 fully saturated rings. The summed E-state index contributed by atoms with van der Waals surface area (Å²) in [5.41, 5.74) is 5.24. The van der Waals surface area contributed by atoms with Gasteiger partial charge in [0, 0.05) is 0 Å². The van der Waals surface area contributed by atoms with Crippen LogP contribution in [0.1, 0.15) is 44.0 Å². The summed E-state index contributed by atoms with van der Waals surface area (Å²) in [4.78, 5) is 74.4. The first-order valence-corrected chi connectivity index (χ1v) is 11.3. The molecule has 1 aliphatic heterocycles. The topological polar surface area (TPSA) is 206 Å². The lowest BCUT2D eigenvalue weighted by Crippen LogP contribution is -2.57. The van der Waals surface area contributed by atoms with E-state index in [0.29, 0.717) is 0 Å². The highest BCUT2D eigenvalue weighted by Gasteiger charge is 2.32. The Morgan fingerprint density at radius 1 is 1.06 bits per heavy atom. The lowest BCUT2D eigenvalue weighted by Gasteiger charge is -2.26. The van der Waals surface area contributed by atoms with Gasteiger partial charge in [-0.2, -0.15) is 0 Å². The normalized spacial score (nSPS) is 24.2. The SMILES string of the molecule is CC(C)[C@H]1NC(=O)[C@H](CC(N)=O)NC(=O)C[C@@H](C(=O)O)NC(=O)c2ccccc2OC[C@H](C)NC1=O. The standard InChI is InChI=1S/C23H31N5O8/c1-11(2)19-22(33)25-12(3)10-36-16-7-5-4-6-13(16)20(31)27-15(23(34)35)9-18(30)26-14(8-17(24)29)21(32)28-19/h4-7,11-12,14-15,19H,8-10H2,1-3H3,(H2,24,29)(H,25,33)(H,26,30)(H,27,31)(H,28,32)(H,34,35)/t12-,14-,15-,19+/m0/s1. The quantitative estimate of drug-likeness (QED) is 0.288. The van der Waals surface area contributed by atoms with E-state index < -0.39 is 72.5 Å². The number of carboxylic acids is 1. The molecule has 13 heteroatoms. The smallest absolute Gasteiger partial charge is 0.326 e. The van der Waals surface area contributed by atoms with Crippen molar-refractivity contribution in [2.75, 3.05) is 6.61 Å². The maximum absolute atomic E-state index is 12.9. The van der Waals surface area contributed by atoms with Crippen LogP contribution in [0.15, 0.2) is 24.3 Å². The van der Waals surface area contributed by atoms with Gasteiger partial charge in [0.1, 0.15) is 30.5 Å². The molecule has 0 aliphatic carbocycles. The molecule has 0 aromatic heterocycles. The minimum absolute atomic E-state index is 0.0236. The van der Waals surface area contributed by atoms with Crippen LogP contribution in [0.3, 0.4) is 0 Å². The molecule has 1 heterocycles. The molecular weight excluding hydrogens is 474 g/mol. The molecule has 13 nitrogen and oxygen atoms in total. The number of aliphatic carboxylic acids is 1. The van der Waals surface area contributed by atoms with Crippen LogP contribution >= 0.6 is 0 Å². The largest absolute Gasteiger partial charge is 0.491 e. The summed E-state index contributed by atoms with van der Waals surface area (Å²) >= 11 is 0. The average Bonchev–Trinajstić information content (AvgIpc) is 2.79. The van der Waals surface area contributed by atoms with Gasteiger partial charge in [0.15, 0.2) is 0 Å². The van der Waals surface area contributed by atoms with Gasteiger partial charge in [-0.25, -0.2) is 4.79 Å². The fourth-order valence-electron chi connectivity index (χ4n) is 3.44. The number of carbonyl (C=O) groups is 6. The number of nitrogens with one attached hydrogen (secondary N) is 4. The second kappa shape index (κ2) is 12.5. The van der Waals surface area contributed by atoms with E-state index in [9.17, 15) is 33.9 Å². The number of carboxylic acid groups (broad SMARTS) is 1. The van der Waals surface area contributed by atoms with Crippen molar-refractivity contribution in [1.82, 2.24) is 21.3 Å². The van der Waals surface area contributed by atoms with E-state index in [1.54, 1.807) is 32.9 Å². The first-order valence-electron chi connectivity index (χ1n) is 11.3. The Bertz CT molecular complexity index is 1030. The third-order valence-corrected chi connectivity index (χ3v) is 5.31. The number of primary amides is 1. The molecule has 2 rings (SSSR count). The number of fused-ring (bicyclic) bond motifs is 1. The Balaban J connectivity index is 2.44. The molecule has 4 atom stereocenters. The number of hydrogen-bond donors (Lipinski definition) is 6. The van der Waals surface area contributed by atoms with Gasteiger partial charge < -0.3 is 36.8 Å². The van der Waals surface area contributed by atoms with Crippen LogP contribution in [-0.2, 0) is 24.0 Å². The van der Waals surface area contributed by atoms with Crippen molar-refractivity contribution in [3.8, 4) is 5.75 Å². The van der Waals surface area contributed by atoms with E-state index >= 15 is 0 Å². The Morgan fingerprint density at radius 2 is 1.72 bits per heavy atom. The van der Waals surface area contributed by atoms with Gasteiger partial charge in [-0.3, -0.25) is 24.0 Å². The molecule has 1 aliphatic rings. The Labute approximate surface area is 207 Å². The summed E-state index contributed by atoms with van der Waals surface area (Å²) in [5.74, 6) is -5.74. The van der Waals surface area contributed by atoms with Crippen LogP contribution in [0.25, 0.3) is 0 Å². The minimum atomic E-state index is -1.65. The Morgan fingerprint density at radius 3 is 2.33 bits per heavy atom. The van der Waals surface area contributed by atoms with Crippen molar-refractivity contribution in [3.05, 3.63) is 29.8 Å². The number of hydrogen-bond acceptors (Lipinski definition) is 7. The number of rotatable bonds is 4. The summed E-state index contributed by atoms with van der Waals surface area (Å²) in [6.45, 7) is 5.01. The van der Waals surface area contributed by atoms with E-state index in [2.05, 4.69) is 21.3 Å². The fraction of sp³-hybridized carbons (Fsp3) is 0.478. The molecule has 0 bridgehead atoms. The molecule has 1 aromatic carbocycles. The van der Waals surface area contributed by atoms with Crippen molar-refractivity contribution < 1.29 is 38.6 Å². The van der Waals surface area contributed by atoms with Gasteiger partial charge in [-0.15, -0.1) is 0 Å². The van der Waals surface area contributed by atoms with Crippen molar-refractivity contribution >= 4 is 35.5 Å². The molecule has 7 N–H and O–H groups in total. The van der Waals surface area contributed by atoms with Crippen LogP contribution in [0, 0.1) is 5.92 Å². The van der Waals surface area contributed by atoms with E-state index in [0.717, 1.165) is 0 Å². The van der Waals surface area contributed by atoms with Crippen LogP contribution in [0.5, 0.6) is 5.75 Å². The van der Waals surface area contributed by atoms with E-state index in [1.165, 1.54) is 12.1 Å². The number of benzene rings is 1. The number of para-hydroxylation sites is 1. The third-order valence-electron chi connectivity index (χ3n) is 5.31. The maximum atomic E-state index is 12.9. The molecule has 5 amide bonds. The maximum Gasteiger partial charge on any atom is 0.326 e. The molecule has 1 aromatic rings. The fourth-order valence-corrected chi connectivity index (χ4v) is 3.44. The van der Waals surface area contributed by atoms with Gasteiger partial charge in [0.05, 0.1) is 24.4 Å². The van der Waals surface area contributed by atoms with E-state index in [-0.39, 0.29) is 23.8 Å². The molecule has 0 saturated carbocycles. The second-order valence-electron chi connectivity index (χ2n) is 8.81. The molecule has 36 heavy (non-hydrogen) atoms. The zero-order valence-electron chi connectivity index (χ0n) is 20.2. The summed E-state index contributed by atoms with van der Waals surface area (Å²) in [6, 6.07) is 1.41. The van der Waals surface area contributed by atoms with E-state index in [1.807, 2.05) is 0 Å². The van der Waals surface area contributed by atoms with Crippen molar-refractivity contribution in [3.63, 3.8) is 0 Å². The average molecular weight is 506 g/mol. The Hall–Kier alpha value is -4.16. The number of amides is 5. The molecule has 0 saturated heterocycles. The first-order chi connectivity index (χ1) is 16.9. The van der Waals surface area contributed by atoms with Crippen molar-refractivity contribution in [1.29, 1.82) is 0 Å². The molecule has 0 spiro atoms. The molecule has 0 radical (unpaired) electrons. The van der Waals surface area contributed by atoms with Crippen LogP contribution in [0.2, 0.25) is 0 Å². The summed E-state index contributed by atoms with van der Waals surface area (Å²) in [5, 5.41) is 19.3. The second-order valence-corrected chi connectivity index (χ2v) is 8.81. The predicted molar refractivity (Wildman–Crippen MR) is 126 cm³/mol. The summed E-state index contributed by atoms with van der Waals surface area (Å²) in [6.07, 6.45) is -1.33. The van der Waals surface area contributed by atoms with Crippen molar-refractivity contribution in [2.45, 2.75) is 57.8 Å². The number of nitrogens with two attached hydrogens (primary N) is 1. The Kier molecular flexibility index (Phi) is 9.76. The lowest BCUT2D eigenvalue weighted by atomic mass is 10.0. The van der Waals surface area contributed by atoms with Crippen LogP contribution in [-0.4, -0.2) is 71.4 Å².